The van der Waals surface area contributed by atoms with Gasteiger partial charge in [0.1, 0.15) is 0 Å². The summed E-state index contributed by atoms with van der Waals surface area (Å²) in [4.78, 5) is 31.2. The van der Waals surface area contributed by atoms with Crippen LogP contribution in [-0.4, -0.2) is 26.5 Å². The smallest absolute Gasteiger partial charge is 0.272 e. The van der Waals surface area contributed by atoms with Crippen molar-refractivity contribution < 1.29 is 4.79 Å². The molecule has 1 unspecified atom stereocenters. The van der Waals surface area contributed by atoms with Crippen LogP contribution in [0.1, 0.15) is 23.7 Å². The first-order valence-corrected chi connectivity index (χ1v) is 11.7. The second-order valence-corrected chi connectivity index (χ2v) is 9.72. The van der Waals surface area contributed by atoms with Gasteiger partial charge in [0.25, 0.3) is 5.56 Å². The first kappa shape index (κ1) is 20.8. The first-order valence-electron chi connectivity index (χ1n) is 9.84. The maximum absolute atomic E-state index is 13.3. The lowest BCUT2D eigenvalue weighted by Gasteiger charge is -2.14. The van der Waals surface area contributed by atoms with Crippen LogP contribution in [0, 0.1) is 6.92 Å². The highest BCUT2D eigenvalue weighted by molar-refractivity contribution is 8.00. The Kier molecular flexibility index (Phi) is 6.29. The van der Waals surface area contributed by atoms with Crippen molar-refractivity contribution in [3.63, 3.8) is 0 Å². The molecule has 30 heavy (non-hydrogen) atoms. The van der Waals surface area contributed by atoms with Gasteiger partial charge in [0.15, 0.2) is 5.16 Å². The second kappa shape index (κ2) is 9.10. The van der Waals surface area contributed by atoms with Gasteiger partial charge in [0, 0.05) is 18.2 Å². The highest BCUT2D eigenvalue weighted by Gasteiger charge is 2.27. The fourth-order valence-electron chi connectivity index (χ4n) is 3.30. The third-order valence-electron chi connectivity index (χ3n) is 4.84. The van der Waals surface area contributed by atoms with Crippen molar-refractivity contribution in [2.24, 2.45) is 0 Å². The van der Waals surface area contributed by atoms with E-state index in [1.807, 2.05) is 61.5 Å². The number of amides is 1. The molecule has 2 aromatic carbocycles. The summed E-state index contributed by atoms with van der Waals surface area (Å²) in [6.07, 6.45) is 0.776. The quantitative estimate of drug-likeness (QED) is 0.467. The molecule has 0 bridgehead atoms. The van der Waals surface area contributed by atoms with Crippen LogP contribution in [0.5, 0.6) is 0 Å². The molecule has 0 fully saturated rings. The first-order chi connectivity index (χ1) is 14.5. The molecule has 4 rings (SSSR count). The van der Waals surface area contributed by atoms with E-state index >= 15 is 0 Å². The third-order valence-corrected chi connectivity index (χ3v) is 6.99. The molecule has 2 heterocycles. The number of nitrogens with zero attached hydrogens (tertiary/aromatic N) is 2. The Balaban J connectivity index is 1.56. The summed E-state index contributed by atoms with van der Waals surface area (Å²) in [5.74, 6) is 0.115. The zero-order valence-electron chi connectivity index (χ0n) is 16.9. The van der Waals surface area contributed by atoms with E-state index in [9.17, 15) is 9.59 Å². The number of aryl methyl sites for hydroxylation is 1. The summed E-state index contributed by atoms with van der Waals surface area (Å²) in [6.45, 7) is 4.60. The van der Waals surface area contributed by atoms with Crippen molar-refractivity contribution in [1.82, 2.24) is 14.9 Å². The Morgan fingerprint density at radius 2 is 1.93 bits per heavy atom. The number of benzene rings is 2. The number of fused-ring (bicyclic) bond motifs is 1. The van der Waals surface area contributed by atoms with E-state index in [0.29, 0.717) is 17.0 Å². The Hall–Kier alpha value is -2.51. The molecule has 3 aromatic rings. The van der Waals surface area contributed by atoms with Gasteiger partial charge in [0.05, 0.1) is 22.0 Å². The lowest BCUT2D eigenvalue weighted by molar-refractivity contribution is -0.118. The predicted octanol–water partition coefficient (Wildman–Crippen LogP) is 3.99. The van der Waals surface area contributed by atoms with Crippen LogP contribution >= 0.6 is 23.5 Å². The number of rotatable bonds is 6. The Morgan fingerprint density at radius 1 is 1.20 bits per heavy atom. The lowest BCUT2D eigenvalue weighted by Crippen LogP contribution is -2.27. The van der Waals surface area contributed by atoms with Crippen LogP contribution in [0.3, 0.4) is 0 Å². The van der Waals surface area contributed by atoms with Gasteiger partial charge in [-0.05, 0) is 24.6 Å². The van der Waals surface area contributed by atoms with Crippen molar-refractivity contribution >= 4 is 29.4 Å². The summed E-state index contributed by atoms with van der Waals surface area (Å²) in [7, 11) is 0. The van der Waals surface area contributed by atoms with E-state index in [2.05, 4.69) is 12.2 Å². The zero-order chi connectivity index (χ0) is 21.1. The van der Waals surface area contributed by atoms with E-state index in [1.165, 1.54) is 11.8 Å². The summed E-state index contributed by atoms with van der Waals surface area (Å²) in [5.41, 5.74) is 3.74. The van der Waals surface area contributed by atoms with E-state index in [1.54, 1.807) is 16.3 Å². The van der Waals surface area contributed by atoms with Crippen LogP contribution in [0.25, 0.3) is 5.69 Å². The largest absolute Gasteiger partial charge is 0.351 e. The highest BCUT2D eigenvalue weighted by Crippen LogP contribution is 2.34. The molecule has 1 atom stereocenters. The lowest BCUT2D eigenvalue weighted by atomic mass is 10.2. The fraction of sp³-hybridized carbons (Fsp3) is 0.261. The Bertz CT molecular complexity index is 1110. The number of hydrogen-bond acceptors (Lipinski definition) is 5. The molecule has 1 N–H and O–H groups in total. The number of hydrogen-bond donors (Lipinski definition) is 1. The van der Waals surface area contributed by atoms with Gasteiger partial charge in [-0.15, -0.1) is 11.8 Å². The molecule has 0 saturated heterocycles. The number of aromatic nitrogens is 2. The minimum absolute atomic E-state index is 0.0506. The molecule has 7 heteroatoms. The zero-order valence-corrected chi connectivity index (χ0v) is 18.6. The molecular formula is C23H23N3O2S2. The van der Waals surface area contributed by atoms with Crippen LogP contribution in [0.15, 0.2) is 69.4 Å². The molecule has 5 nitrogen and oxygen atoms in total. The number of carbonyl (C=O) groups is 1. The van der Waals surface area contributed by atoms with Gasteiger partial charge >= 0.3 is 0 Å². The van der Waals surface area contributed by atoms with Crippen molar-refractivity contribution in [2.75, 3.05) is 5.75 Å². The summed E-state index contributed by atoms with van der Waals surface area (Å²) in [6, 6.07) is 17.6. The van der Waals surface area contributed by atoms with E-state index < -0.39 is 0 Å². The maximum atomic E-state index is 13.3. The molecule has 0 saturated carbocycles. The minimum Gasteiger partial charge on any atom is -0.351 e. The SMILES string of the molecule is Cc1ccc(-n2c(SCC(=O)NCc3ccccc3)nc3c(c2=O)SC(C)C3)cc1. The van der Waals surface area contributed by atoms with E-state index in [4.69, 9.17) is 4.98 Å². The van der Waals surface area contributed by atoms with Crippen molar-refractivity contribution in [3.05, 3.63) is 81.8 Å². The summed E-state index contributed by atoms with van der Waals surface area (Å²) >= 11 is 2.89. The van der Waals surface area contributed by atoms with Crippen LogP contribution in [0.4, 0.5) is 0 Å². The van der Waals surface area contributed by atoms with Crippen molar-refractivity contribution in [2.45, 2.75) is 42.1 Å². The van der Waals surface area contributed by atoms with Gasteiger partial charge in [-0.25, -0.2) is 4.98 Å². The van der Waals surface area contributed by atoms with Crippen LogP contribution < -0.4 is 10.9 Å². The maximum Gasteiger partial charge on any atom is 0.272 e. The standard InChI is InChI=1S/C23H23N3O2S2/c1-15-8-10-18(11-9-15)26-22(28)21-19(12-16(2)30-21)25-23(26)29-14-20(27)24-13-17-6-4-3-5-7-17/h3-11,16H,12-14H2,1-2H3,(H,24,27). The second-order valence-electron chi connectivity index (χ2n) is 7.33. The molecule has 0 radical (unpaired) electrons. The summed E-state index contributed by atoms with van der Waals surface area (Å²) < 4.78 is 1.64. The predicted molar refractivity (Wildman–Crippen MR) is 123 cm³/mol. The average molecular weight is 438 g/mol. The third kappa shape index (κ3) is 4.63. The number of thioether (sulfide) groups is 2. The molecule has 154 valence electrons. The van der Waals surface area contributed by atoms with E-state index in [-0.39, 0.29) is 17.2 Å². The van der Waals surface area contributed by atoms with Gasteiger partial charge in [-0.1, -0.05) is 66.7 Å². The van der Waals surface area contributed by atoms with E-state index in [0.717, 1.165) is 33.8 Å². The van der Waals surface area contributed by atoms with Gasteiger partial charge in [-0.2, -0.15) is 0 Å². The molecule has 0 aliphatic carbocycles. The number of nitrogens with one attached hydrogen (secondary N) is 1. The van der Waals surface area contributed by atoms with Crippen molar-refractivity contribution in [1.29, 1.82) is 0 Å². The minimum atomic E-state index is -0.0863. The highest BCUT2D eigenvalue weighted by atomic mass is 32.2. The van der Waals surface area contributed by atoms with Crippen molar-refractivity contribution in [3.8, 4) is 5.69 Å². The van der Waals surface area contributed by atoms with Crippen LogP contribution in [-0.2, 0) is 17.8 Å². The fourth-order valence-corrected chi connectivity index (χ4v) is 5.25. The van der Waals surface area contributed by atoms with Gasteiger partial charge in [-0.3, -0.25) is 14.2 Å². The molecule has 1 aliphatic rings. The number of carbonyl (C=O) groups excluding carboxylic acids is 1. The average Bonchev–Trinajstić information content (AvgIpc) is 3.13. The molecular weight excluding hydrogens is 414 g/mol. The molecule has 1 amide bonds. The topological polar surface area (TPSA) is 64.0 Å². The van der Waals surface area contributed by atoms with Gasteiger partial charge < -0.3 is 5.32 Å². The Morgan fingerprint density at radius 3 is 2.67 bits per heavy atom. The Labute approximate surface area is 184 Å². The molecule has 1 aliphatic heterocycles. The van der Waals surface area contributed by atoms with Gasteiger partial charge in [0.2, 0.25) is 5.91 Å². The van der Waals surface area contributed by atoms with Crippen LogP contribution in [0.2, 0.25) is 0 Å². The normalized spacial score (nSPS) is 15.1. The summed E-state index contributed by atoms with van der Waals surface area (Å²) in [5, 5.41) is 3.83. The monoisotopic (exact) mass is 437 g/mol. The molecule has 1 aromatic heterocycles. The molecule has 0 spiro atoms.